The van der Waals surface area contributed by atoms with Gasteiger partial charge in [-0.2, -0.15) is 0 Å². The molecule has 0 aliphatic heterocycles. The van der Waals surface area contributed by atoms with Crippen LogP contribution in [0.1, 0.15) is 55.9 Å². The molecule has 1 aromatic heterocycles. The number of nitrogens with one attached hydrogen (secondary N) is 1. The molecule has 9 heteroatoms. The Morgan fingerprint density at radius 2 is 2.06 bits per heavy atom. The van der Waals surface area contributed by atoms with Crippen LogP contribution in [-0.4, -0.2) is 53.7 Å². The summed E-state index contributed by atoms with van der Waals surface area (Å²) in [5.74, 6) is -1.00. The van der Waals surface area contributed by atoms with E-state index in [0.29, 0.717) is 32.1 Å². The van der Waals surface area contributed by atoms with E-state index >= 15 is 0 Å². The number of carbonyl (C=O) groups is 1. The largest absolute Gasteiger partial charge is 0.393 e. The zero-order chi connectivity index (χ0) is 24.4. The zero-order valence-electron chi connectivity index (χ0n) is 19.4. The second-order valence-electron chi connectivity index (χ2n) is 8.63. The lowest BCUT2D eigenvalue weighted by Crippen LogP contribution is -2.31. The molecule has 33 heavy (non-hydrogen) atoms. The van der Waals surface area contributed by atoms with Crippen molar-refractivity contribution < 1.29 is 28.5 Å². The average molecular weight is 500 g/mol. The third-order valence-electron chi connectivity index (χ3n) is 6.15. The lowest BCUT2D eigenvalue weighted by Gasteiger charge is -2.19. The van der Waals surface area contributed by atoms with Crippen molar-refractivity contribution in [2.24, 2.45) is 11.8 Å². The monoisotopic (exact) mass is 499 g/mol. The number of hydrogen-bond acceptors (Lipinski definition) is 7. The van der Waals surface area contributed by atoms with Gasteiger partial charge >= 0.3 is 0 Å². The molecule has 1 heterocycles. The van der Waals surface area contributed by atoms with Crippen LogP contribution in [0.15, 0.2) is 35.8 Å². The molecule has 1 aliphatic rings. The number of aliphatic hydroxyl groups is 3. The first kappa shape index (κ1) is 27.7. The standard InChI is InChI=1S/C24H37NO6S2/c1-3-33(30,31)25-24(29)9-7-5-4-6-8-20-21(23(28)16-22(20)27)13-12-19(26)11-10-18-14-15-32-17(18)2/h4,6,12-15,19-23,26-28H,3,5,7-11,16H2,1-2H3,(H,25,29)/b6-4-,13-12+/t19-,20+,21+,22-,23+/m0/s1. The van der Waals surface area contributed by atoms with Gasteiger partial charge in [0.2, 0.25) is 15.9 Å². The van der Waals surface area contributed by atoms with Crippen molar-refractivity contribution in [3.05, 3.63) is 46.2 Å². The summed E-state index contributed by atoms with van der Waals surface area (Å²) in [4.78, 5) is 12.9. The summed E-state index contributed by atoms with van der Waals surface area (Å²) in [5, 5.41) is 33.1. The lowest BCUT2D eigenvalue weighted by atomic mass is 9.89. The second-order valence-corrected chi connectivity index (χ2v) is 11.8. The van der Waals surface area contributed by atoms with E-state index in [1.165, 1.54) is 17.4 Å². The van der Waals surface area contributed by atoms with Gasteiger partial charge in [0.1, 0.15) is 0 Å². The molecule has 186 valence electrons. The fraction of sp³-hybridized carbons (Fsp3) is 0.625. The maximum atomic E-state index is 11.6. The first-order chi connectivity index (χ1) is 15.6. The number of amides is 1. The maximum Gasteiger partial charge on any atom is 0.234 e. The van der Waals surface area contributed by atoms with E-state index in [0.717, 1.165) is 6.42 Å². The number of unbranched alkanes of at least 4 members (excludes halogenated alkanes) is 1. The maximum absolute atomic E-state index is 11.6. The van der Waals surface area contributed by atoms with Crippen molar-refractivity contribution in [2.75, 3.05) is 5.75 Å². The van der Waals surface area contributed by atoms with Crippen molar-refractivity contribution in [3.8, 4) is 0 Å². The van der Waals surface area contributed by atoms with Crippen molar-refractivity contribution in [3.63, 3.8) is 0 Å². The summed E-state index contributed by atoms with van der Waals surface area (Å²) in [6.07, 6.45) is 9.11. The highest BCUT2D eigenvalue weighted by Crippen LogP contribution is 2.36. The second kappa shape index (κ2) is 13.4. The molecule has 0 saturated heterocycles. The Hall–Kier alpha value is -1.52. The van der Waals surface area contributed by atoms with Gasteiger partial charge in [-0.25, -0.2) is 8.42 Å². The third kappa shape index (κ3) is 9.33. The van der Waals surface area contributed by atoms with Crippen LogP contribution < -0.4 is 4.72 Å². The van der Waals surface area contributed by atoms with Crippen LogP contribution in [-0.2, 0) is 21.2 Å². The van der Waals surface area contributed by atoms with Gasteiger partial charge in [-0.3, -0.25) is 9.52 Å². The highest BCUT2D eigenvalue weighted by molar-refractivity contribution is 7.90. The highest BCUT2D eigenvalue weighted by atomic mass is 32.2. The van der Waals surface area contributed by atoms with Gasteiger partial charge in [-0.05, 0) is 68.9 Å². The molecule has 1 amide bonds. The number of hydrogen-bond donors (Lipinski definition) is 4. The molecule has 5 atom stereocenters. The van der Waals surface area contributed by atoms with Gasteiger partial charge in [0.25, 0.3) is 0 Å². The van der Waals surface area contributed by atoms with Crippen molar-refractivity contribution in [2.45, 2.75) is 77.1 Å². The van der Waals surface area contributed by atoms with Gasteiger partial charge < -0.3 is 15.3 Å². The topological polar surface area (TPSA) is 124 Å². The molecule has 7 nitrogen and oxygen atoms in total. The summed E-state index contributed by atoms with van der Waals surface area (Å²) >= 11 is 1.70. The minimum atomic E-state index is -3.52. The van der Waals surface area contributed by atoms with E-state index in [1.54, 1.807) is 17.4 Å². The zero-order valence-corrected chi connectivity index (χ0v) is 21.0. The number of rotatable bonds is 13. The smallest absolute Gasteiger partial charge is 0.234 e. The fourth-order valence-electron chi connectivity index (χ4n) is 4.08. The number of sulfonamides is 1. The average Bonchev–Trinajstić information content (AvgIpc) is 3.28. The molecule has 0 bridgehead atoms. The molecule has 4 N–H and O–H groups in total. The predicted molar refractivity (Wildman–Crippen MR) is 131 cm³/mol. The predicted octanol–water partition coefficient (Wildman–Crippen LogP) is 2.85. The third-order valence-corrected chi connectivity index (χ3v) is 8.33. The van der Waals surface area contributed by atoms with Gasteiger partial charge in [0.05, 0.1) is 24.1 Å². The number of carbonyl (C=O) groups excluding carboxylic acids is 1. The molecule has 1 aromatic rings. The minimum absolute atomic E-state index is 0.127. The van der Waals surface area contributed by atoms with E-state index in [1.807, 2.05) is 28.3 Å². The molecular formula is C24H37NO6S2. The molecule has 1 fully saturated rings. The molecule has 2 rings (SSSR count). The minimum Gasteiger partial charge on any atom is -0.393 e. The van der Waals surface area contributed by atoms with Crippen LogP contribution >= 0.6 is 11.3 Å². The van der Waals surface area contributed by atoms with E-state index in [2.05, 4.69) is 13.0 Å². The van der Waals surface area contributed by atoms with E-state index in [4.69, 9.17) is 0 Å². The molecule has 1 saturated carbocycles. The molecule has 0 unspecified atom stereocenters. The van der Waals surface area contributed by atoms with Crippen molar-refractivity contribution >= 4 is 27.3 Å². The summed E-state index contributed by atoms with van der Waals surface area (Å²) in [6.45, 7) is 3.55. The van der Waals surface area contributed by atoms with Gasteiger partial charge in [0.15, 0.2) is 0 Å². The molecule has 0 aromatic carbocycles. The Bertz CT molecular complexity index is 908. The van der Waals surface area contributed by atoms with Crippen LogP contribution in [0.3, 0.4) is 0 Å². The number of thiophene rings is 1. The van der Waals surface area contributed by atoms with E-state index in [9.17, 15) is 28.5 Å². The number of aliphatic hydroxyl groups excluding tert-OH is 3. The number of allylic oxidation sites excluding steroid dienone is 2. The molecule has 0 spiro atoms. The normalized spacial score (nSPS) is 24.6. The SMILES string of the molecule is CCS(=O)(=O)NC(=O)CCC/C=C\C[C@@H]1[C@@H](/C=C/[C@@H](O)CCc2ccsc2C)[C@H](O)C[C@@H]1O. The Morgan fingerprint density at radius 1 is 1.30 bits per heavy atom. The summed E-state index contributed by atoms with van der Waals surface area (Å²) in [6, 6.07) is 2.08. The van der Waals surface area contributed by atoms with Gasteiger partial charge in [-0.15, -0.1) is 11.3 Å². The van der Waals surface area contributed by atoms with Gasteiger partial charge in [0, 0.05) is 23.6 Å². The van der Waals surface area contributed by atoms with Crippen molar-refractivity contribution in [1.82, 2.24) is 4.72 Å². The van der Waals surface area contributed by atoms with Crippen LogP contribution in [0.5, 0.6) is 0 Å². The number of aryl methyl sites for hydroxylation is 2. The molecule has 1 aliphatic carbocycles. The Morgan fingerprint density at radius 3 is 2.73 bits per heavy atom. The Labute approximate surface area is 201 Å². The van der Waals surface area contributed by atoms with Gasteiger partial charge in [-0.1, -0.05) is 24.3 Å². The van der Waals surface area contributed by atoms with Crippen LogP contribution in [0.25, 0.3) is 0 Å². The summed E-state index contributed by atoms with van der Waals surface area (Å²) in [7, 11) is -3.52. The molecule has 0 radical (unpaired) electrons. The first-order valence-corrected chi connectivity index (χ1v) is 14.1. The summed E-state index contributed by atoms with van der Waals surface area (Å²) in [5.41, 5.74) is 1.25. The Kier molecular flexibility index (Phi) is 11.2. The van der Waals surface area contributed by atoms with Crippen molar-refractivity contribution in [1.29, 1.82) is 0 Å². The van der Waals surface area contributed by atoms with Crippen LogP contribution in [0.4, 0.5) is 0 Å². The first-order valence-electron chi connectivity index (χ1n) is 11.6. The molecular weight excluding hydrogens is 462 g/mol. The van der Waals surface area contributed by atoms with E-state index in [-0.39, 0.29) is 24.0 Å². The van der Waals surface area contributed by atoms with E-state index < -0.39 is 34.2 Å². The summed E-state index contributed by atoms with van der Waals surface area (Å²) < 4.78 is 24.8. The quantitative estimate of drug-likeness (QED) is 0.244. The lowest BCUT2D eigenvalue weighted by molar-refractivity contribution is -0.119. The Balaban J connectivity index is 1.77. The highest BCUT2D eigenvalue weighted by Gasteiger charge is 2.39. The fourth-order valence-corrected chi connectivity index (χ4v) is 5.43. The van der Waals surface area contributed by atoms with Crippen LogP contribution in [0, 0.1) is 18.8 Å². The van der Waals surface area contributed by atoms with Crippen LogP contribution in [0.2, 0.25) is 0 Å².